The van der Waals surface area contributed by atoms with Gasteiger partial charge in [-0.05, 0) is 47.5 Å². The van der Waals surface area contributed by atoms with Gasteiger partial charge in [-0.1, -0.05) is 88.7 Å². The van der Waals surface area contributed by atoms with Crippen molar-refractivity contribution in [1.82, 2.24) is 9.62 Å². The average molecular weight is 635 g/mol. The molecule has 41 heavy (non-hydrogen) atoms. The fourth-order valence-electron chi connectivity index (χ4n) is 4.50. The molecule has 0 aliphatic carbocycles. The van der Waals surface area contributed by atoms with Gasteiger partial charge in [0.2, 0.25) is 15.9 Å². The maximum absolute atomic E-state index is 13.9. The van der Waals surface area contributed by atoms with Crippen molar-refractivity contribution in [3.8, 4) is 5.75 Å². The van der Waals surface area contributed by atoms with E-state index >= 15 is 0 Å². The number of hydrogen-bond acceptors (Lipinski definition) is 5. The zero-order valence-electron chi connectivity index (χ0n) is 22.0. The molecule has 0 spiro atoms. The van der Waals surface area contributed by atoms with Crippen LogP contribution in [0.4, 0.5) is 5.69 Å². The van der Waals surface area contributed by atoms with Crippen LogP contribution in [0.2, 0.25) is 0 Å². The Balaban J connectivity index is 1.40. The molecule has 8 nitrogen and oxygen atoms in total. The standard InChI is InChI=1S/C31H28BrN3O5S/c32-25-17-15-24(16-18-25)20-34(41(38,39)26-11-5-2-6-12-26)22-30(36)35-21-29(40-28-14-8-7-13-27(28)35)31(37)33-19-23-9-3-1-4-10-23/h1-18,29H,19-22H2,(H,33,37)/t29-/m0/s1. The van der Waals surface area contributed by atoms with E-state index in [4.69, 9.17) is 4.74 Å². The maximum Gasteiger partial charge on any atom is 0.263 e. The van der Waals surface area contributed by atoms with Gasteiger partial charge in [0.25, 0.3) is 5.91 Å². The number of nitrogens with one attached hydrogen (secondary N) is 1. The molecule has 1 N–H and O–H groups in total. The number of anilines is 1. The van der Waals surface area contributed by atoms with E-state index in [1.165, 1.54) is 17.0 Å². The molecule has 2 amide bonds. The van der Waals surface area contributed by atoms with E-state index in [1.54, 1.807) is 54.6 Å². The fourth-order valence-corrected chi connectivity index (χ4v) is 6.17. The molecule has 0 fully saturated rings. The van der Waals surface area contributed by atoms with Gasteiger partial charge in [-0.2, -0.15) is 4.31 Å². The Labute approximate surface area is 247 Å². The summed E-state index contributed by atoms with van der Waals surface area (Å²) in [6, 6.07) is 31.7. The summed E-state index contributed by atoms with van der Waals surface area (Å²) in [5.74, 6) is -0.472. The zero-order chi connectivity index (χ0) is 28.8. The third-order valence-electron chi connectivity index (χ3n) is 6.64. The van der Waals surface area contributed by atoms with Crippen LogP contribution in [-0.2, 0) is 32.7 Å². The van der Waals surface area contributed by atoms with Crippen molar-refractivity contribution in [2.45, 2.75) is 24.1 Å². The first-order valence-corrected chi connectivity index (χ1v) is 15.2. The molecule has 0 saturated heterocycles. The van der Waals surface area contributed by atoms with E-state index in [0.29, 0.717) is 18.0 Å². The summed E-state index contributed by atoms with van der Waals surface area (Å²) >= 11 is 3.40. The van der Waals surface area contributed by atoms with Gasteiger partial charge in [0.15, 0.2) is 6.10 Å². The molecular weight excluding hydrogens is 606 g/mol. The third-order valence-corrected chi connectivity index (χ3v) is 8.98. The number of ether oxygens (including phenoxy) is 1. The normalized spacial score (nSPS) is 14.7. The Morgan fingerprint density at radius 1 is 0.854 bits per heavy atom. The second kappa shape index (κ2) is 12.7. The lowest BCUT2D eigenvalue weighted by molar-refractivity contribution is -0.128. The average Bonchev–Trinajstić information content (AvgIpc) is 3.00. The highest BCUT2D eigenvalue weighted by Crippen LogP contribution is 2.33. The van der Waals surface area contributed by atoms with Gasteiger partial charge in [0, 0.05) is 17.6 Å². The van der Waals surface area contributed by atoms with Gasteiger partial charge in [0.05, 0.1) is 23.7 Å². The Hall–Kier alpha value is -3.99. The molecule has 1 aliphatic heterocycles. The van der Waals surface area contributed by atoms with Crippen LogP contribution >= 0.6 is 15.9 Å². The van der Waals surface area contributed by atoms with E-state index in [9.17, 15) is 18.0 Å². The Bertz CT molecular complexity index is 1620. The van der Waals surface area contributed by atoms with Crippen LogP contribution in [0.1, 0.15) is 11.1 Å². The van der Waals surface area contributed by atoms with Crippen LogP contribution in [0.25, 0.3) is 0 Å². The number of fused-ring (bicyclic) bond motifs is 1. The summed E-state index contributed by atoms with van der Waals surface area (Å²) in [6.45, 7) is -0.192. The number of halogens is 1. The van der Waals surface area contributed by atoms with Crippen LogP contribution in [0, 0.1) is 0 Å². The first kappa shape index (κ1) is 28.5. The lowest BCUT2D eigenvalue weighted by atomic mass is 10.1. The van der Waals surface area contributed by atoms with Crippen LogP contribution < -0.4 is 15.0 Å². The summed E-state index contributed by atoms with van der Waals surface area (Å²) in [5.41, 5.74) is 2.13. The van der Waals surface area contributed by atoms with Gasteiger partial charge in [-0.15, -0.1) is 0 Å². The number of amides is 2. The lowest BCUT2D eigenvalue weighted by Crippen LogP contribution is -2.52. The van der Waals surface area contributed by atoms with Crippen molar-refractivity contribution >= 4 is 43.5 Å². The topological polar surface area (TPSA) is 96.0 Å². The van der Waals surface area contributed by atoms with Crippen molar-refractivity contribution in [3.63, 3.8) is 0 Å². The Morgan fingerprint density at radius 3 is 2.20 bits per heavy atom. The number of hydrogen-bond donors (Lipinski definition) is 1. The van der Waals surface area contributed by atoms with E-state index in [1.807, 2.05) is 42.5 Å². The molecule has 0 unspecified atom stereocenters. The van der Waals surface area contributed by atoms with E-state index in [-0.39, 0.29) is 23.9 Å². The first-order chi connectivity index (χ1) is 19.8. The maximum atomic E-state index is 13.9. The molecule has 10 heteroatoms. The zero-order valence-corrected chi connectivity index (χ0v) is 24.4. The van der Waals surface area contributed by atoms with Crippen LogP contribution in [0.5, 0.6) is 5.75 Å². The third kappa shape index (κ3) is 6.84. The van der Waals surface area contributed by atoms with Crippen LogP contribution in [0.3, 0.4) is 0 Å². The number of carbonyl (C=O) groups excluding carboxylic acids is 2. The molecule has 0 aromatic heterocycles. The second-order valence-corrected chi connectivity index (χ2v) is 12.3. The quantitative estimate of drug-likeness (QED) is 0.287. The molecule has 0 radical (unpaired) electrons. The number of benzene rings is 4. The van der Waals surface area contributed by atoms with Crippen molar-refractivity contribution in [2.24, 2.45) is 0 Å². The molecule has 5 rings (SSSR count). The summed E-state index contributed by atoms with van der Waals surface area (Å²) < 4.78 is 35.4. The summed E-state index contributed by atoms with van der Waals surface area (Å²) in [6.07, 6.45) is -0.969. The summed E-state index contributed by atoms with van der Waals surface area (Å²) in [7, 11) is -4.03. The highest BCUT2D eigenvalue weighted by molar-refractivity contribution is 9.10. The van der Waals surface area contributed by atoms with E-state index in [0.717, 1.165) is 19.9 Å². The predicted octanol–water partition coefficient (Wildman–Crippen LogP) is 4.75. The van der Waals surface area contributed by atoms with Crippen LogP contribution in [-0.4, -0.2) is 43.7 Å². The number of carbonyl (C=O) groups is 2. The number of sulfonamides is 1. The Morgan fingerprint density at radius 2 is 1.49 bits per heavy atom. The predicted molar refractivity (Wildman–Crippen MR) is 160 cm³/mol. The second-order valence-electron chi connectivity index (χ2n) is 9.49. The molecule has 210 valence electrons. The molecule has 0 saturated carbocycles. The number of rotatable bonds is 9. The van der Waals surface area contributed by atoms with Crippen LogP contribution in [0.15, 0.2) is 119 Å². The highest BCUT2D eigenvalue weighted by Gasteiger charge is 2.36. The SMILES string of the molecule is O=C(NCc1ccccc1)[C@@H]1CN(C(=O)CN(Cc2ccc(Br)cc2)S(=O)(=O)c2ccccc2)c2ccccc2O1. The van der Waals surface area contributed by atoms with Gasteiger partial charge in [-0.25, -0.2) is 8.42 Å². The largest absolute Gasteiger partial charge is 0.477 e. The molecule has 1 aliphatic rings. The highest BCUT2D eigenvalue weighted by atomic mass is 79.9. The summed E-state index contributed by atoms with van der Waals surface area (Å²) in [5, 5.41) is 2.87. The van der Waals surface area contributed by atoms with E-state index in [2.05, 4.69) is 21.2 Å². The minimum absolute atomic E-state index is 0.0107. The summed E-state index contributed by atoms with van der Waals surface area (Å²) in [4.78, 5) is 28.5. The molecule has 0 bridgehead atoms. The van der Waals surface area contributed by atoms with Gasteiger partial charge >= 0.3 is 0 Å². The minimum atomic E-state index is -4.03. The minimum Gasteiger partial charge on any atom is -0.477 e. The smallest absolute Gasteiger partial charge is 0.263 e. The Kier molecular flexibility index (Phi) is 8.82. The molecule has 1 atom stereocenters. The van der Waals surface area contributed by atoms with Crippen molar-refractivity contribution < 1.29 is 22.7 Å². The molecule has 4 aromatic rings. The van der Waals surface area contributed by atoms with Gasteiger partial charge in [0.1, 0.15) is 5.75 Å². The van der Waals surface area contributed by atoms with E-state index < -0.39 is 28.6 Å². The number of nitrogens with zero attached hydrogens (tertiary/aromatic N) is 2. The van der Waals surface area contributed by atoms with Crippen molar-refractivity contribution in [1.29, 1.82) is 0 Å². The first-order valence-electron chi connectivity index (χ1n) is 13.0. The lowest BCUT2D eigenvalue weighted by Gasteiger charge is -2.35. The molecule has 1 heterocycles. The fraction of sp³-hybridized carbons (Fsp3) is 0.161. The molecule has 4 aromatic carbocycles. The van der Waals surface area contributed by atoms with Gasteiger partial charge in [-0.3, -0.25) is 9.59 Å². The monoisotopic (exact) mass is 633 g/mol. The van der Waals surface area contributed by atoms with Gasteiger partial charge < -0.3 is 15.0 Å². The molecular formula is C31H28BrN3O5S. The number of para-hydroxylation sites is 2. The van der Waals surface area contributed by atoms with Crippen molar-refractivity contribution in [2.75, 3.05) is 18.0 Å². The van der Waals surface area contributed by atoms with Crippen molar-refractivity contribution in [3.05, 3.63) is 125 Å².